The Hall–Kier alpha value is -2.50. The molecule has 1 aromatic carbocycles. The summed E-state index contributed by atoms with van der Waals surface area (Å²) in [4.78, 5) is 18.6. The Morgan fingerprint density at radius 3 is 2.94 bits per heavy atom. The molecule has 1 heterocycles. The lowest BCUT2D eigenvalue weighted by atomic mass is 10.1. The fourth-order valence-corrected chi connectivity index (χ4v) is 1.54. The number of benzene rings is 1. The fourth-order valence-electron chi connectivity index (χ4n) is 1.54. The summed E-state index contributed by atoms with van der Waals surface area (Å²) < 4.78 is 0. The summed E-state index contributed by atoms with van der Waals surface area (Å²) in [5, 5.41) is 13.7. The average Bonchev–Trinajstić information content (AvgIpc) is 2.39. The minimum Gasteiger partial charge on any atom is -0.354 e. The maximum Gasteiger partial charge on any atom is 0.270 e. The molecule has 0 aliphatic heterocycles. The second-order valence-corrected chi connectivity index (χ2v) is 3.60. The van der Waals surface area contributed by atoms with E-state index in [0.29, 0.717) is 17.2 Å². The van der Waals surface area contributed by atoms with E-state index >= 15 is 0 Å². The number of nitrogens with zero attached hydrogens (tertiary/aromatic N) is 3. The number of nitro benzene ring substituents is 1. The molecule has 6 nitrogen and oxygen atoms in total. The van der Waals surface area contributed by atoms with Gasteiger partial charge < -0.3 is 5.32 Å². The molecule has 2 rings (SSSR count). The first kappa shape index (κ1) is 12.0. The van der Waals surface area contributed by atoms with Crippen molar-refractivity contribution in [2.24, 2.45) is 0 Å². The van der Waals surface area contributed by atoms with Gasteiger partial charge in [-0.05, 0) is 13.0 Å². The molecule has 1 aromatic heterocycles. The second-order valence-electron chi connectivity index (χ2n) is 3.60. The van der Waals surface area contributed by atoms with Gasteiger partial charge >= 0.3 is 0 Å². The highest BCUT2D eigenvalue weighted by Crippen LogP contribution is 2.22. The third kappa shape index (κ3) is 2.60. The van der Waals surface area contributed by atoms with Crippen LogP contribution in [0, 0.1) is 10.1 Å². The van der Waals surface area contributed by atoms with E-state index in [1.807, 2.05) is 6.92 Å². The van der Waals surface area contributed by atoms with E-state index in [-0.39, 0.29) is 5.69 Å². The summed E-state index contributed by atoms with van der Waals surface area (Å²) in [5.74, 6) is 0.515. The lowest BCUT2D eigenvalue weighted by Crippen LogP contribution is -2.02. The molecule has 0 bridgehead atoms. The van der Waals surface area contributed by atoms with E-state index in [0.717, 1.165) is 6.54 Å². The molecular formula is C12H12N4O2. The standard InChI is InChI=1S/C12H12N4O2/c1-2-13-12-14-7-6-11(15-12)9-4-3-5-10(8-9)16(17)18/h3-8H,2H2,1H3,(H,13,14,15). The summed E-state index contributed by atoms with van der Waals surface area (Å²) in [5.41, 5.74) is 1.41. The zero-order valence-electron chi connectivity index (χ0n) is 9.83. The molecule has 0 spiro atoms. The van der Waals surface area contributed by atoms with Crippen LogP contribution >= 0.6 is 0 Å². The van der Waals surface area contributed by atoms with Gasteiger partial charge in [-0.25, -0.2) is 9.97 Å². The molecule has 0 fully saturated rings. The first-order valence-electron chi connectivity index (χ1n) is 5.52. The summed E-state index contributed by atoms with van der Waals surface area (Å²) in [6, 6.07) is 8.10. The van der Waals surface area contributed by atoms with E-state index in [9.17, 15) is 10.1 Å². The number of hydrogen-bond donors (Lipinski definition) is 1. The highest BCUT2D eigenvalue weighted by Gasteiger charge is 2.08. The van der Waals surface area contributed by atoms with Crippen LogP contribution in [0.4, 0.5) is 11.6 Å². The predicted molar refractivity (Wildman–Crippen MR) is 68.3 cm³/mol. The van der Waals surface area contributed by atoms with E-state index in [1.165, 1.54) is 12.1 Å². The zero-order valence-corrected chi connectivity index (χ0v) is 9.83. The molecular weight excluding hydrogens is 232 g/mol. The predicted octanol–water partition coefficient (Wildman–Crippen LogP) is 2.48. The SMILES string of the molecule is CCNc1nccc(-c2cccc([N+](=O)[O-])c2)n1. The van der Waals surface area contributed by atoms with Gasteiger partial charge in [-0.15, -0.1) is 0 Å². The van der Waals surface area contributed by atoms with Crippen molar-refractivity contribution in [2.45, 2.75) is 6.92 Å². The lowest BCUT2D eigenvalue weighted by Gasteiger charge is -2.04. The van der Waals surface area contributed by atoms with Crippen molar-refractivity contribution in [2.75, 3.05) is 11.9 Å². The Bertz CT molecular complexity index is 572. The van der Waals surface area contributed by atoms with Crippen LogP contribution in [0.1, 0.15) is 6.92 Å². The van der Waals surface area contributed by atoms with Crippen LogP contribution in [0.5, 0.6) is 0 Å². The van der Waals surface area contributed by atoms with Gasteiger partial charge in [-0.1, -0.05) is 12.1 Å². The first-order chi connectivity index (χ1) is 8.70. The third-order valence-corrected chi connectivity index (χ3v) is 2.34. The molecule has 0 unspecified atom stereocenters. The molecule has 0 atom stereocenters. The number of hydrogen-bond acceptors (Lipinski definition) is 5. The van der Waals surface area contributed by atoms with Crippen LogP contribution in [0.2, 0.25) is 0 Å². The summed E-state index contributed by atoms with van der Waals surface area (Å²) >= 11 is 0. The fraction of sp³-hybridized carbons (Fsp3) is 0.167. The maximum atomic E-state index is 10.7. The van der Waals surface area contributed by atoms with Crippen LogP contribution in [0.25, 0.3) is 11.3 Å². The molecule has 1 N–H and O–H groups in total. The Balaban J connectivity index is 2.38. The first-order valence-corrected chi connectivity index (χ1v) is 5.52. The van der Waals surface area contributed by atoms with Crippen LogP contribution in [-0.4, -0.2) is 21.4 Å². The van der Waals surface area contributed by atoms with Crippen LogP contribution < -0.4 is 5.32 Å². The van der Waals surface area contributed by atoms with Crippen molar-refractivity contribution >= 4 is 11.6 Å². The van der Waals surface area contributed by atoms with Gasteiger partial charge in [0.15, 0.2) is 0 Å². The van der Waals surface area contributed by atoms with Gasteiger partial charge in [0.25, 0.3) is 5.69 Å². The second kappa shape index (κ2) is 5.22. The van der Waals surface area contributed by atoms with E-state index in [4.69, 9.17) is 0 Å². The van der Waals surface area contributed by atoms with Crippen molar-refractivity contribution in [3.8, 4) is 11.3 Å². The third-order valence-electron chi connectivity index (χ3n) is 2.34. The number of aromatic nitrogens is 2. The monoisotopic (exact) mass is 244 g/mol. The number of non-ortho nitro benzene ring substituents is 1. The van der Waals surface area contributed by atoms with E-state index in [2.05, 4.69) is 15.3 Å². The minimum atomic E-state index is -0.421. The molecule has 0 radical (unpaired) electrons. The summed E-state index contributed by atoms with van der Waals surface area (Å²) in [6.07, 6.45) is 1.62. The quantitative estimate of drug-likeness (QED) is 0.660. The maximum absolute atomic E-state index is 10.7. The van der Waals surface area contributed by atoms with Gasteiger partial charge in [-0.2, -0.15) is 0 Å². The topological polar surface area (TPSA) is 81.0 Å². The van der Waals surface area contributed by atoms with Gasteiger partial charge in [-0.3, -0.25) is 10.1 Å². The van der Waals surface area contributed by atoms with E-state index < -0.39 is 4.92 Å². The molecule has 0 saturated carbocycles. The van der Waals surface area contributed by atoms with Crippen molar-refractivity contribution < 1.29 is 4.92 Å². The van der Waals surface area contributed by atoms with Crippen LogP contribution in [-0.2, 0) is 0 Å². The largest absolute Gasteiger partial charge is 0.354 e. The molecule has 18 heavy (non-hydrogen) atoms. The molecule has 92 valence electrons. The molecule has 2 aromatic rings. The smallest absolute Gasteiger partial charge is 0.270 e. The van der Waals surface area contributed by atoms with Crippen LogP contribution in [0.3, 0.4) is 0 Å². The lowest BCUT2D eigenvalue weighted by molar-refractivity contribution is -0.384. The number of rotatable bonds is 4. The van der Waals surface area contributed by atoms with E-state index in [1.54, 1.807) is 24.4 Å². The van der Waals surface area contributed by atoms with Gasteiger partial charge in [0, 0.05) is 30.4 Å². The average molecular weight is 244 g/mol. The van der Waals surface area contributed by atoms with Crippen molar-refractivity contribution in [3.63, 3.8) is 0 Å². The Morgan fingerprint density at radius 2 is 2.22 bits per heavy atom. The van der Waals surface area contributed by atoms with Crippen molar-refractivity contribution in [3.05, 3.63) is 46.6 Å². The number of anilines is 1. The van der Waals surface area contributed by atoms with Gasteiger partial charge in [0.05, 0.1) is 10.6 Å². The molecule has 6 heteroatoms. The number of nitrogens with one attached hydrogen (secondary N) is 1. The molecule has 0 amide bonds. The van der Waals surface area contributed by atoms with Gasteiger partial charge in [0.2, 0.25) is 5.95 Å². The molecule has 0 saturated heterocycles. The molecule has 0 aliphatic rings. The Morgan fingerprint density at radius 1 is 1.39 bits per heavy atom. The Labute approximate surface area is 104 Å². The minimum absolute atomic E-state index is 0.0520. The number of nitro groups is 1. The van der Waals surface area contributed by atoms with Crippen molar-refractivity contribution in [1.29, 1.82) is 0 Å². The zero-order chi connectivity index (χ0) is 13.0. The highest BCUT2D eigenvalue weighted by molar-refractivity contribution is 5.63. The summed E-state index contributed by atoms with van der Waals surface area (Å²) in [6.45, 7) is 2.67. The normalized spacial score (nSPS) is 10.1. The van der Waals surface area contributed by atoms with Crippen LogP contribution in [0.15, 0.2) is 36.5 Å². The Kier molecular flexibility index (Phi) is 3.47. The highest BCUT2D eigenvalue weighted by atomic mass is 16.6. The molecule has 0 aliphatic carbocycles. The van der Waals surface area contributed by atoms with Crippen molar-refractivity contribution in [1.82, 2.24) is 9.97 Å². The summed E-state index contributed by atoms with van der Waals surface area (Å²) in [7, 11) is 0. The van der Waals surface area contributed by atoms with Gasteiger partial charge in [0.1, 0.15) is 0 Å².